The molecule has 1 heterocycles. The molecule has 0 bridgehead atoms. The number of aliphatic carboxylic acids is 1. The zero-order valence-corrected chi connectivity index (χ0v) is 11.9. The van der Waals surface area contributed by atoms with Crippen molar-refractivity contribution in [2.45, 2.75) is 58.1 Å². The Morgan fingerprint density at radius 2 is 2.21 bits per heavy atom. The van der Waals surface area contributed by atoms with Crippen LogP contribution >= 0.6 is 0 Å². The quantitative estimate of drug-likeness (QED) is 0.693. The van der Waals surface area contributed by atoms with Crippen molar-refractivity contribution >= 4 is 5.97 Å². The summed E-state index contributed by atoms with van der Waals surface area (Å²) < 4.78 is 7.16. The van der Waals surface area contributed by atoms with Crippen LogP contribution in [0.5, 0.6) is 0 Å². The van der Waals surface area contributed by atoms with E-state index in [4.69, 9.17) is 9.84 Å². The van der Waals surface area contributed by atoms with E-state index in [1.165, 1.54) is 0 Å². The Kier molecular flexibility index (Phi) is 5.95. The van der Waals surface area contributed by atoms with Crippen molar-refractivity contribution in [3.8, 4) is 0 Å². The second-order valence-electron chi connectivity index (χ2n) is 5.29. The van der Waals surface area contributed by atoms with E-state index in [-0.39, 0.29) is 12.0 Å². The number of hydrogen-bond acceptors (Lipinski definition) is 4. The SMILES string of the molecule is COC(C)(C)CCn1cc(CCCCC(=O)O)nn1. The van der Waals surface area contributed by atoms with E-state index >= 15 is 0 Å². The summed E-state index contributed by atoms with van der Waals surface area (Å²) in [6.45, 7) is 4.84. The molecule has 0 amide bonds. The number of carboxylic acid groups (broad SMARTS) is 1. The number of nitrogens with zero attached hydrogens (tertiary/aromatic N) is 3. The number of rotatable bonds is 9. The van der Waals surface area contributed by atoms with E-state index in [1.54, 1.807) is 7.11 Å². The second-order valence-corrected chi connectivity index (χ2v) is 5.29. The molecule has 108 valence electrons. The molecule has 6 nitrogen and oxygen atoms in total. The number of methoxy groups -OCH3 is 1. The van der Waals surface area contributed by atoms with Crippen LogP contribution in [0, 0.1) is 0 Å². The number of carboxylic acids is 1. The minimum atomic E-state index is -0.745. The van der Waals surface area contributed by atoms with E-state index in [1.807, 2.05) is 24.7 Å². The highest BCUT2D eigenvalue weighted by molar-refractivity contribution is 5.66. The van der Waals surface area contributed by atoms with Gasteiger partial charge in [0.2, 0.25) is 0 Å². The van der Waals surface area contributed by atoms with Gasteiger partial charge in [-0.2, -0.15) is 0 Å². The van der Waals surface area contributed by atoms with Crippen LogP contribution in [-0.2, 0) is 22.5 Å². The molecule has 1 rings (SSSR count). The summed E-state index contributed by atoms with van der Waals surface area (Å²) in [5.74, 6) is -0.745. The first-order valence-corrected chi connectivity index (χ1v) is 6.59. The predicted molar refractivity (Wildman–Crippen MR) is 70.9 cm³/mol. The van der Waals surface area contributed by atoms with Crippen LogP contribution in [0.2, 0.25) is 0 Å². The minimum absolute atomic E-state index is 0.159. The molecular weight excluding hydrogens is 246 g/mol. The van der Waals surface area contributed by atoms with Gasteiger partial charge in [0.15, 0.2) is 0 Å². The molecule has 1 aromatic heterocycles. The lowest BCUT2D eigenvalue weighted by Gasteiger charge is -2.22. The van der Waals surface area contributed by atoms with Crippen molar-refractivity contribution in [2.75, 3.05) is 7.11 Å². The zero-order valence-electron chi connectivity index (χ0n) is 11.9. The molecule has 0 aliphatic heterocycles. The molecule has 0 aliphatic carbocycles. The van der Waals surface area contributed by atoms with Crippen molar-refractivity contribution < 1.29 is 14.6 Å². The fourth-order valence-corrected chi connectivity index (χ4v) is 1.63. The predicted octanol–water partition coefficient (Wildman–Crippen LogP) is 1.89. The molecule has 6 heteroatoms. The highest BCUT2D eigenvalue weighted by atomic mass is 16.5. The van der Waals surface area contributed by atoms with Crippen LogP contribution in [0.25, 0.3) is 0 Å². The first kappa shape index (κ1) is 15.6. The van der Waals surface area contributed by atoms with Crippen LogP contribution in [0.15, 0.2) is 6.20 Å². The third-order valence-electron chi connectivity index (χ3n) is 3.16. The van der Waals surface area contributed by atoms with Gasteiger partial charge in [0.05, 0.1) is 11.3 Å². The van der Waals surface area contributed by atoms with Gasteiger partial charge < -0.3 is 9.84 Å². The Labute approximate surface area is 113 Å². The van der Waals surface area contributed by atoms with E-state index in [2.05, 4.69) is 10.3 Å². The van der Waals surface area contributed by atoms with Gasteiger partial charge in [-0.1, -0.05) is 5.21 Å². The lowest BCUT2D eigenvalue weighted by molar-refractivity contribution is -0.137. The lowest BCUT2D eigenvalue weighted by Crippen LogP contribution is -2.24. The molecule has 0 radical (unpaired) electrons. The average molecular weight is 269 g/mol. The number of unbranched alkanes of at least 4 members (excludes halogenated alkanes) is 1. The largest absolute Gasteiger partial charge is 0.481 e. The van der Waals surface area contributed by atoms with Gasteiger partial charge in [0.25, 0.3) is 0 Å². The van der Waals surface area contributed by atoms with Gasteiger partial charge in [-0.15, -0.1) is 5.10 Å². The summed E-state index contributed by atoms with van der Waals surface area (Å²) >= 11 is 0. The molecule has 0 unspecified atom stereocenters. The molecule has 19 heavy (non-hydrogen) atoms. The lowest BCUT2D eigenvalue weighted by atomic mass is 10.1. The fourth-order valence-electron chi connectivity index (χ4n) is 1.63. The van der Waals surface area contributed by atoms with E-state index in [0.717, 1.165) is 31.5 Å². The van der Waals surface area contributed by atoms with E-state index in [0.29, 0.717) is 6.42 Å². The molecule has 0 fully saturated rings. The third-order valence-corrected chi connectivity index (χ3v) is 3.16. The normalized spacial score (nSPS) is 11.7. The minimum Gasteiger partial charge on any atom is -0.481 e. The summed E-state index contributed by atoms with van der Waals surface area (Å²) in [5, 5.41) is 16.7. The summed E-state index contributed by atoms with van der Waals surface area (Å²) in [4.78, 5) is 10.4. The molecule has 0 atom stereocenters. The maximum atomic E-state index is 10.4. The van der Waals surface area contributed by atoms with Gasteiger partial charge >= 0.3 is 5.97 Å². The summed E-state index contributed by atoms with van der Waals surface area (Å²) in [5.41, 5.74) is 0.758. The fraction of sp³-hybridized carbons (Fsp3) is 0.769. The topological polar surface area (TPSA) is 77.2 Å². The third kappa shape index (κ3) is 6.33. The van der Waals surface area contributed by atoms with Gasteiger partial charge in [-0.25, -0.2) is 0 Å². The number of aromatic nitrogens is 3. The van der Waals surface area contributed by atoms with E-state index < -0.39 is 5.97 Å². The van der Waals surface area contributed by atoms with Crippen molar-refractivity contribution in [1.29, 1.82) is 0 Å². The maximum Gasteiger partial charge on any atom is 0.303 e. The van der Waals surface area contributed by atoms with Gasteiger partial charge in [-0.3, -0.25) is 9.48 Å². The van der Waals surface area contributed by atoms with Crippen molar-refractivity contribution in [3.05, 3.63) is 11.9 Å². The number of ether oxygens (including phenoxy) is 1. The van der Waals surface area contributed by atoms with Gasteiger partial charge in [-0.05, 0) is 39.5 Å². The van der Waals surface area contributed by atoms with Crippen molar-refractivity contribution in [2.24, 2.45) is 0 Å². The Balaban J connectivity index is 2.30. The summed E-state index contributed by atoms with van der Waals surface area (Å²) in [6, 6.07) is 0. The summed E-state index contributed by atoms with van der Waals surface area (Å²) in [6.07, 6.45) is 5.29. The Bertz CT molecular complexity index is 402. The second kappa shape index (κ2) is 7.23. The molecule has 0 aromatic carbocycles. The Morgan fingerprint density at radius 1 is 1.47 bits per heavy atom. The van der Waals surface area contributed by atoms with Crippen molar-refractivity contribution in [1.82, 2.24) is 15.0 Å². The molecule has 0 aliphatic rings. The molecule has 1 N–H and O–H groups in total. The first-order valence-electron chi connectivity index (χ1n) is 6.59. The van der Waals surface area contributed by atoms with Crippen LogP contribution in [0.1, 0.15) is 45.2 Å². The number of hydrogen-bond donors (Lipinski definition) is 1. The smallest absolute Gasteiger partial charge is 0.303 e. The Hall–Kier alpha value is -1.43. The van der Waals surface area contributed by atoms with Crippen LogP contribution in [0.3, 0.4) is 0 Å². The van der Waals surface area contributed by atoms with Crippen LogP contribution in [0.4, 0.5) is 0 Å². The van der Waals surface area contributed by atoms with E-state index in [9.17, 15) is 4.79 Å². The highest BCUT2D eigenvalue weighted by Crippen LogP contribution is 2.14. The first-order chi connectivity index (χ1) is 8.93. The van der Waals surface area contributed by atoms with Crippen molar-refractivity contribution in [3.63, 3.8) is 0 Å². The number of carbonyl (C=O) groups is 1. The number of aryl methyl sites for hydroxylation is 2. The molecular formula is C13H23N3O3. The van der Waals surface area contributed by atoms with Gasteiger partial charge in [0, 0.05) is 26.3 Å². The molecule has 0 saturated carbocycles. The monoisotopic (exact) mass is 269 g/mol. The Morgan fingerprint density at radius 3 is 2.84 bits per heavy atom. The van der Waals surface area contributed by atoms with Crippen LogP contribution < -0.4 is 0 Å². The van der Waals surface area contributed by atoms with Crippen LogP contribution in [-0.4, -0.2) is 38.8 Å². The standard InChI is InChI=1S/C13H23N3O3/c1-13(2,19-3)8-9-16-10-11(14-15-16)6-4-5-7-12(17)18/h10H,4-9H2,1-3H3,(H,17,18). The molecule has 0 saturated heterocycles. The average Bonchev–Trinajstić information content (AvgIpc) is 2.80. The van der Waals surface area contributed by atoms with Gasteiger partial charge in [0.1, 0.15) is 0 Å². The summed E-state index contributed by atoms with van der Waals surface area (Å²) in [7, 11) is 1.70. The maximum absolute atomic E-state index is 10.4. The zero-order chi connectivity index (χ0) is 14.3. The highest BCUT2D eigenvalue weighted by Gasteiger charge is 2.16. The molecule has 0 spiro atoms. The molecule has 1 aromatic rings.